The van der Waals surface area contributed by atoms with Crippen molar-refractivity contribution in [1.29, 1.82) is 0 Å². The van der Waals surface area contributed by atoms with E-state index in [0.29, 0.717) is 11.6 Å². The molecule has 2 N–H and O–H groups in total. The van der Waals surface area contributed by atoms with Crippen LogP contribution in [0.1, 0.15) is 25.8 Å². The van der Waals surface area contributed by atoms with Gasteiger partial charge in [0.1, 0.15) is 5.75 Å². The lowest BCUT2D eigenvalue weighted by molar-refractivity contribution is 0.475. The number of phenolic OH excluding ortho intramolecular Hbond substituents is 1. The standard InChI is InChI=1S/C17H21NO3S/c1-13(2)6-7-14-8-10-17(11-9-14)22(20,21)18-15-4-3-5-16(19)12-15/h3-5,8-13,18-19H,6-7H2,1-2H3. The maximum atomic E-state index is 12.3. The van der Waals surface area contributed by atoms with Crippen LogP contribution >= 0.6 is 0 Å². The van der Waals surface area contributed by atoms with E-state index in [9.17, 15) is 13.5 Å². The smallest absolute Gasteiger partial charge is 0.261 e. The van der Waals surface area contributed by atoms with E-state index in [-0.39, 0.29) is 10.6 Å². The summed E-state index contributed by atoms with van der Waals surface area (Å²) in [5, 5.41) is 9.39. The first kappa shape index (κ1) is 16.4. The van der Waals surface area contributed by atoms with E-state index >= 15 is 0 Å². The third-order valence-corrected chi connectivity index (χ3v) is 4.74. The van der Waals surface area contributed by atoms with E-state index in [1.807, 2.05) is 12.1 Å². The molecule has 0 aromatic heterocycles. The predicted octanol–water partition coefficient (Wildman–Crippen LogP) is 3.78. The molecule has 0 bridgehead atoms. The van der Waals surface area contributed by atoms with Gasteiger partial charge in [0.15, 0.2) is 0 Å². The highest BCUT2D eigenvalue weighted by Crippen LogP contribution is 2.20. The van der Waals surface area contributed by atoms with Crippen molar-refractivity contribution in [1.82, 2.24) is 0 Å². The van der Waals surface area contributed by atoms with E-state index in [0.717, 1.165) is 18.4 Å². The number of anilines is 1. The fourth-order valence-corrected chi connectivity index (χ4v) is 3.12. The van der Waals surface area contributed by atoms with Gasteiger partial charge in [-0.25, -0.2) is 8.42 Å². The number of hydrogen-bond acceptors (Lipinski definition) is 3. The number of aromatic hydroxyl groups is 1. The van der Waals surface area contributed by atoms with Crippen LogP contribution < -0.4 is 4.72 Å². The molecule has 0 aliphatic heterocycles. The molecule has 118 valence electrons. The normalized spacial score (nSPS) is 11.6. The van der Waals surface area contributed by atoms with E-state index in [1.165, 1.54) is 12.1 Å². The van der Waals surface area contributed by atoms with Gasteiger partial charge in [0, 0.05) is 6.07 Å². The van der Waals surface area contributed by atoms with Crippen molar-refractivity contribution in [3.63, 3.8) is 0 Å². The van der Waals surface area contributed by atoms with Crippen LogP contribution in [0.25, 0.3) is 0 Å². The third-order valence-electron chi connectivity index (χ3n) is 3.34. The van der Waals surface area contributed by atoms with Gasteiger partial charge in [0.05, 0.1) is 10.6 Å². The minimum absolute atomic E-state index is 0.0178. The van der Waals surface area contributed by atoms with Gasteiger partial charge in [0.2, 0.25) is 0 Å². The van der Waals surface area contributed by atoms with Crippen LogP contribution in [-0.2, 0) is 16.4 Å². The molecule has 0 spiro atoms. The molecule has 2 aromatic carbocycles. The zero-order valence-electron chi connectivity index (χ0n) is 12.8. The first-order valence-corrected chi connectivity index (χ1v) is 8.76. The van der Waals surface area contributed by atoms with Gasteiger partial charge in [-0.15, -0.1) is 0 Å². The lowest BCUT2D eigenvalue weighted by Crippen LogP contribution is -2.12. The van der Waals surface area contributed by atoms with Crippen molar-refractivity contribution in [3.05, 3.63) is 54.1 Å². The Kier molecular flexibility index (Phi) is 5.08. The van der Waals surface area contributed by atoms with E-state index in [4.69, 9.17) is 0 Å². The predicted molar refractivity (Wildman–Crippen MR) is 88.5 cm³/mol. The van der Waals surface area contributed by atoms with E-state index < -0.39 is 10.0 Å². The van der Waals surface area contributed by atoms with Gasteiger partial charge in [-0.2, -0.15) is 0 Å². The third kappa shape index (κ3) is 4.49. The summed E-state index contributed by atoms with van der Waals surface area (Å²) >= 11 is 0. The van der Waals surface area contributed by atoms with E-state index in [1.54, 1.807) is 24.3 Å². The summed E-state index contributed by atoms with van der Waals surface area (Å²) in [5.74, 6) is 0.639. The summed E-state index contributed by atoms with van der Waals surface area (Å²) in [5.41, 5.74) is 1.47. The van der Waals surface area contributed by atoms with Crippen LogP contribution in [0.2, 0.25) is 0 Å². The molecule has 4 nitrogen and oxygen atoms in total. The summed E-state index contributed by atoms with van der Waals surface area (Å²) in [6.07, 6.45) is 2.02. The van der Waals surface area contributed by atoms with Gasteiger partial charge >= 0.3 is 0 Å². The van der Waals surface area contributed by atoms with Crippen molar-refractivity contribution in [2.24, 2.45) is 5.92 Å². The highest BCUT2D eigenvalue weighted by molar-refractivity contribution is 7.92. The second-order valence-electron chi connectivity index (χ2n) is 5.73. The zero-order chi connectivity index (χ0) is 16.2. The number of hydrogen-bond donors (Lipinski definition) is 2. The Bertz CT molecular complexity index is 722. The molecule has 0 saturated heterocycles. The molecular formula is C17H21NO3S. The SMILES string of the molecule is CC(C)CCc1ccc(S(=O)(=O)Nc2cccc(O)c2)cc1. The van der Waals surface area contributed by atoms with Crippen LogP contribution in [0, 0.1) is 5.92 Å². The number of nitrogens with one attached hydrogen (secondary N) is 1. The fraction of sp³-hybridized carbons (Fsp3) is 0.294. The number of aryl methyl sites for hydroxylation is 1. The van der Waals surface area contributed by atoms with Crippen LogP contribution in [0.3, 0.4) is 0 Å². The van der Waals surface area contributed by atoms with Crippen molar-refractivity contribution < 1.29 is 13.5 Å². The summed E-state index contributed by atoms with van der Waals surface area (Å²) in [6.45, 7) is 4.33. The van der Waals surface area contributed by atoms with Gasteiger partial charge in [-0.3, -0.25) is 4.72 Å². The molecule has 22 heavy (non-hydrogen) atoms. The molecular weight excluding hydrogens is 298 g/mol. The lowest BCUT2D eigenvalue weighted by atomic mass is 10.0. The second-order valence-corrected chi connectivity index (χ2v) is 7.41. The maximum Gasteiger partial charge on any atom is 0.261 e. The first-order valence-electron chi connectivity index (χ1n) is 7.27. The molecule has 0 radical (unpaired) electrons. The quantitative estimate of drug-likeness (QED) is 0.851. The Labute approximate surface area is 131 Å². The number of phenols is 1. The Morgan fingerprint density at radius 3 is 2.36 bits per heavy atom. The van der Waals surface area contributed by atoms with Crippen molar-refractivity contribution >= 4 is 15.7 Å². The number of sulfonamides is 1. The highest BCUT2D eigenvalue weighted by atomic mass is 32.2. The molecule has 0 aliphatic rings. The topological polar surface area (TPSA) is 66.4 Å². The molecule has 0 amide bonds. The van der Waals surface area contributed by atoms with Crippen LogP contribution in [0.5, 0.6) is 5.75 Å². The molecule has 5 heteroatoms. The molecule has 2 rings (SSSR count). The molecule has 0 unspecified atom stereocenters. The van der Waals surface area contributed by atoms with Gasteiger partial charge < -0.3 is 5.11 Å². The Morgan fingerprint density at radius 1 is 1.09 bits per heavy atom. The summed E-state index contributed by atoms with van der Waals surface area (Å²) < 4.78 is 27.1. The van der Waals surface area contributed by atoms with Crippen LogP contribution in [0.4, 0.5) is 5.69 Å². The Hall–Kier alpha value is -2.01. The average molecular weight is 319 g/mol. The average Bonchev–Trinajstić information content (AvgIpc) is 2.45. The first-order chi connectivity index (χ1) is 10.4. The summed E-state index contributed by atoms with van der Waals surface area (Å²) in [6, 6.07) is 13.0. The zero-order valence-corrected chi connectivity index (χ0v) is 13.6. The molecule has 0 aliphatic carbocycles. The Balaban J connectivity index is 2.12. The molecule has 0 heterocycles. The fourth-order valence-electron chi connectivity index (χ4n) is 2.07. The van der Waals surface area contributed by atoms with Crippen LogP contribution in [0.15, 0.2) is 53.4 Å². The van der Waals surface area contributed by atoms with Gasteiger partial charge in [0.25, 0.3) is 10.0 Å². The minimum Gasteiger partial charge on any atom is -0.508 e. The second kappa shape index (κ2) is 6.83. The highest BCUT2D eigenvalue weighted by Gasteiger charge is 2.14. The van der Waals surface area contributed by atoms with Gasteiger partial charge in [-0.05, 0) is 48.6 Å². The van der Waals surface area contributed by atoms with Crippen molar-refractivity contribution in [2.45, 2.75) is 31.6 Å². The monoisotopic (exact) mass is 319 g/mol. The van der Waals surface area contributed by atoms with Crippen LogP contribution in [-0.4, -0.2) is 13.5 Å². The summed E-state index contributed by atoms with van der Waals surface area (Å²) in [4.78, 5) is 0.212. The molecule has 0 saturated carbocycles. The summed E-state index contributed by atoms with van der Waals surface area (Å²) in [7, 11) is -3.64. The lowest BCUT2D eigenvalue weighted by Gasteiger charge is -2.09. The molecule has 0 atom stereocenters. The number of rotatable bonds is 6. The molecule has 2 aromatic rings. The molecule has 0 fully saturated rings. The van der Waals surface area contributed by atoms with Gasteiger partial charge in [-0.1, -0.05) is 32.0 Å². The van der Waals surface area contributed by atoms with Crippen molar-refractivity contribution in [3.8, 4) is 5.75 Å². The number of benzene rings is 2. The van der Waals surface area contributed by atoms with E-state index in [2.05, 4.69) is 18.6 Å². The Morgan fingerprint density at radius 2 is 1.77 bits per heavy atom. The minimum atomic E-state index is -3.64. The van der Waals surface area contributed by atoms with Crippen molar-refractivity contribution in [2.75, 3.05) is 4.72 Å². The largest absolute Gasteiger partial charge is 0.508 e. The maximum absolute atomic E-state index is 12.3.